The molecule has 1 aromatic rings. The molecule has 4 heteroatoms. The Morgan fingerprint density at radius 2 is 2.30 bits per heavy atom. The monoisotopic (exact) mass is 278 g/mol. The van der Waals surface area contributed by atoms with Gasteiger partial charge in [-0.1, -0.05) is 19.1 Å². The molecule has 112 valence electrons. The number of likely N-dealkylation sites (tertiary alicyclic amines) is 1. The van der Waals surface area contributed by atoms with Crippen molar-refractivity contribution < 1.29 is 9.84 Å². The van der Waals surface area contributed by atoms with E-state index in [1.165, 1.54) is 5.56 Å². The van der Waals surface area contributed by atoms with Gasteiger partial charge in [-0.3, -0.25) is 4.90 Å². The maximum Gasteiger partial charge on any atom is 0.119 e. The topological polar surface area (TPSA) is 58.7 Å². The summed E-state index contributed by atoms with van der Waals surface area (Å²) in [5.41, 5.74) is 7.57. The lowest BCUT2D eigenvalue weighted by atomic mass is 9.96. The molecule has 1 aromatic carbocycles. The zero-order valence-electron chi connectivity index (χ0n) is 12.5. The summed E-state index contributed by atoms with van der Waals surface area (Å²) in [4.78, 5) is 2.41. The number of nitrogens with two attached hydrogens (primary N) is 1. The first-order valence-corrected chi connectivity index (χ1v) is 7.44. The Bertz CT molecular complexity index is 425. The molecule has 1 aliphatic heterocycles. The minimum absolute atomic E-state index is 0.0968. The number of hydrogen-bond acceptors (Lipinski definition) is 4. The molecule has 0 aromatic heterocycles. The van der Waals surface area contributed by atoms with E-state index in [0.717, 1.165) is 31.7 Å². The van der Waals surface area contributed by atoms with Gasteiger partial charge in [0.15, 0.2) is 0 Å². The molecule has 0 spiro atoms. The van der Waals surface area contributed by atoms with Crippen LogP contribution in [0.2, 0.25) is 0 Å². The Morgan fingerprint density at radius 1 is 1.50 bits per heavy atom. The van der Waals surface area contributed by atoms with Crippen molar-refractivity contribution in [3.63, 3.8) is 0 Å². The summed E-state index contributed by atoms with van der Waals surface area (Å²) in [6.07, 6.45) is 1.98. The minimum Gasteiger partial charge on any atom is -0.497 e. The van der Waals surface area contributed by atoms with Gasteiger partial charge in [-0.25, -0.2) is 0 Å². The summed E-state index contributed by atoms with van der Waals surface area (Å²) in [5, 5.41) is 9.34. The van der Waals surface area contributed by atoms with E-state index in [-0.39, 0.29) is 18.7 Å². The molecule has 0 bridgehead atoms. The van der Waals surface area contributed by atoms with E-state index in [9.17, 15) is 5.11 Å². The van der Waals surface area contributed by atoms with Gasteiger partial charge in [-0.15, -0.1) is 0 Å². The molecule has 2 rings (SSSR count). The maximum absolute atomic E-state index is 9.34. The average Bonchev–Trinajstić information content (AvgIpc) is 2.96. The molecular formula is C16H26N2O2. The van der Waals surface area contributed by atoms with Gasteiger partial charge in [-0.2, -0.15) is 0 Å². The molecule has 0 amide bonds. The van der Waals surface area contributed by atoms with Gasteiger partial charge < -0.3 is 15.6 Å². The van der Waals surface area contributed by atoms with E-state index in [1.807, 2.05) is 12.1 Å². The Morgan fingerprint density at radius 3 is 2.90 bits per heavy atom. The molecule has 1 heterocycles. The van der Waals surface area contributed by atoms with Crippen LogP contribution in [-0.4, -0.2) is 42.9 Å². The second-order valence-corrected chi connectivity index (χ2v) is 5.63. The van der Waals surface area contributed by atoms with Crippen LogP contribution in [0.3, 0.4) is 0 Å². The molecule has 1 fully saturated rings. The summed E-state index contributed by atoms with van der Waals surface area (Å²) in [6.45, 7) is 4.31. The highest BCUT2D eigenvalue weighted by Gasteiger charge is 2.31. The average molecular weight is 278 g/mol. The van der Waals surface area contributed by atoms with Gasteiger partial charge in [0.2, 0.25) is 0 Å². The number of ether oxygens (including phenoxy) is 1. The first kappa shape index (κ1) is 15.3. The molecule has 3 unspecified atom stereocenters. The Balaban J connectivity index is 2.23. The number of rotatable bonds is 6. The molecular weight excluding hydrogens is 252 g/mol. The number of nitrogens with zero attached hydrogens (tertiary/aromatic N) is 1. The standard InChI is InChI=1S/C16H26N2O2/c1-3-15(17)16(18-8-7-12(10-18)11-19)13-5-4-6-14(9-13)20-2/h4-6,9,12,15-16,19H,3,7-8,10-11,17H2,1-2H3. The highest BCUT2D eigenvalue weighted by Crippen LogP contribution is 2.32. The lowest BCUT2D eigenvalue weighted by Crippen LogP contribution is -2.40. The molecule has 4 nitrogen and oxygen atoms in total. The number of hydrogen-bond donors (Lipinski definition) is 2. The van der Waals surface area contributed by atoms with E-state index in [0.29, 0.717) is 5.92 Å². The molecule has 1 saturated heterocycles. The highest BCUT2D eigenvalue weighted by atomic mass is 16.5. The van der Waals surface area contributed by atoms with Crippen LogP contribution in [-0.2, 0) is 0 Å². The smallest absolute Gasteiger partial charge is 0.119 e. The van der Waals surface area contributed by atoms with Crippen molar-refractivity contribution in [2.75, 3.05) is 26.8 Å². The minimum atomic E-state index is 0.0968. The molecule has 0 radical (unpaired) electrons. The van der Waals surface area contributed by atoms with Gasteiger partial charge in [0, 0.05) is 19.2 Å². The van der Waals surface area contributed by atoms with Crippen molar-refractivity contribution in [3.8, 4) is 5.75 Å². The number of aliphatic hydroxyl groups is 1. The third-order valence-corrected chi connectivity index (χ3v) is 4.28. The second-order valence-electron chi connectivity index (χ2n) is 5.63. The Hall–Kier alpha value is -1.10. The Kier molecular flexibility index (Phi) is 5.40. The normalized spacial score (nSPS) is 22.7. The number of methoxy groups -OCH3 is 1. The fraction of sp³-hybridized carbons (Fsp3) is 0.625. The largest absolute Gasteiger partial charge is 0.497 e. The van der Waals surface area contributed by atoms with Crippen LogP contribution in [0.15, 0.2) is 24.3 Å². The van der Waals surface area contributed by atoms with Crippen LogP contribution in [0.1, 0.15) is 31.4 Å². The van der Waals surface area contributed by atoms with Crippen molar-refractivity contribution in [2.45, 2.75) is 31.8 Å². The summed E-state index contributed by atoms with van der Waals surface area (Å²) < 4.78 is 5.32. The molecule has 0 saturated carbocycles. The van der Waals surface area contributed by atoms with Crippen molar-refractivity contribution in [1.29, 1.82) is 0 Å². The van der Waals surface area contributed by atoms with Crippen LogP contribution < -0.4 is 10.5 Å². The molecule has 20 heavy (non-hydrogen) atoms. The number of benzene rings is 1. The van der Waals surface area contributed by atoms with Gasteiger partial charge in [0.05, 0.1) is 13.2 Å². The quantitative estimate of drug-likeness (QED) is 0.833. The van der Waals surface area contributed by atoms with E-state index in [1.54, 1.807) is 7.11 Å². The van der Waals surface area contributed by atoms with Crippen LogP contribution in [0.5, 0.6) is 5.75 Å². The highest BCUT2D eigenvalue weighted by molar-refractivity contribution is 5.31. The van der Waals surface area contributed by atoms with Gasteiger partial charge in [-0.05, 0) is 43.0 Å². The first-order valence-electron chi connectivity index (χ1n) is 7.44. The maximum atomic E-state index is 9.34. The van der Waals surface area contributed by atoms with Gasteiger partial charge >= 0.3 is 0 Å². The fourth-order valence-corrected chi connectivity index (χ4v) is 3.04. The molecule has 3 N–H and O–H groups in total. The van der Waals surface area contributed by atoms with Crippen LogP contribution in [0, 0.1) is 5.92 Å². The van der Waals surface area contributed by atoms with Crippen molar-refractivity contribution in [1.82, 2.24) is 4.90 Å². The van der Waals surface area contributed by atoms with E-state index in [2.05, 4.69) is 24.0 Å². The molecule has 1 aliphatic rings. The molecule has 0 aliphatic carbocycles. The van der Waals surface area contributed by atoms with Gasteiger partial charge in [0.1, 0.15) is 5.75 Å². The van der Waals surface area contributed by atoms with E-state index < -0.39 is 0 Å². The zero-order valence-corrected chi connectivity index (χ0v) is 12.5. The second kappa shape index (κ2) is 7.07. The summed E-state index contributed by atoms with van der Waals surface area (Å²) in [6, 6.07) is 8.47. The molecule has 3 atom stereocenters. The summed E-state index contributed by atoms with van der Waals surface area (Å²) in [5.74, 6) is 1.25. The summed E-state index contributed by atoms with van der Waals surface area (Å²) >= 11 is 0. The third-order valence-electron chi connectivity index (χ3n) is 4.28. The SMILES string of the molecule is CCC(N)C(c1cccc(OC)c1)N1CCC(CO)C1. The van der Waals surface area contributed by atoms with Crippen molar-refractivity contribution in [2.24, 2.45) is 11.7 Å². The third kappa shape index (κ3) is 3.32. The Labute approximate surface area is 121 Å². The van der Waals surface area contributed by atoms with Crippen molar-refractivity contribution >= 4 is 0 Å². The number of aliphatic hydroxyl groups excluding tert-OH is 1. The predicted molar refractivity (Wildman–Crippen MR) is 80.8 cm³/mol. The van der Waals surface area contributed by atoms with E-state index in [4.69, 9.17) is 10.5 Å². The van der Waals surface area contributed by atoms with E-state index >= 15 is 0 Å². The fourth-order valence-electron chi connectivity index (χ4n) is 3.04. The van der Waals surface area contributed by atoms with Crippen LogP contribution in [0.4, 0.5) is 0 Å². The van der Waals surface area contributed by atoms with Crippen LogP contribution in [0.25, 0.3) is 0 Å². The van der Waals surface area contributed by atoms with Crippen LogP contribution >= 0.6 is 0 Å². The summed E-state index contributed by atoms with van der Waals surface area (Å²) in [7, 11) is 1.69. The lowest BCUT2D eigenvalue weighted by molar-refractivity contribution is 0.180. The zero-order chi connectivity index (χ0) is 14.5. The predicted octanol–water partition coefficient (Wildman–Crippen LogP) is 1.79. The first-order chi connectivity index (χ1) is 9.69. The van der Waals surface area contributed by atoms with Gasteiger partial charge in [0.25, 0.3) is 0 Å². The van der Waals surface area contributed by atoms with Crippen molar-refractivity contribution in [3.05, 3.63) is 29.8 Å². The lowest BCUT2D eigenvalue weighted by Gasteiger charge is -2.33.